The highest BCUT2D eigenvalue weighted by atomic mass is 19.1. The number of carbonyl (C=O) groups is 1. The summed E-state index contributed by atoms with van der Waals surface area (Å²) in [4.78, 5) is 14.0. The Labute approximate surface area is 112 Å². The molecule has 104 valence electrons. The summed E-state index contributed by atoms with van der Waals surface area (Å²) in [5.74, 6) is -0.447. The van der Waals surface area contributed by atoms with Gasteiger partial charge in [0, 0.05) is 19.1 Å². The highest BCUT2D eigenvalue weighted by Gasteiger charge is 2.30. The van der Waals surface area contributed by atoms with Gasteiger partial charge in [-0.05, 0) is 25.0 Å². The Morgan fingerprint density at radius 2 is 2.32 bits per heavy atom. The van der Waals surface area contributed by atoms with Crippen molar-refractivity contribution >= 4 is 5.91 Å². The van der Waals surface area contributed by atoms with Crippen molar-refractivity contribution in [3.8, 4) is 5.75 Å². The molecule has 0 spiro atoms. The van der Waals surface area contributed by atoms with Crippen LogP contribution in [-0.4, -0.2) is 36.0 Å². The van der Waals surface area contributed by atoms with E-state index in [0.29, 0.717) is 19.5 Å². The van der Waals surface area contributed by atoms with Gasteiger partial charge >= 0.3 is 0 Å². The number of likely N-dealkylation sites (tertiary alicyclic amines) is 1. The van der Waals surface area contributed by atoms with Crippen LogP contribution >= 0.6 is 0 Å². The van der Waals surface area contributed by atoms with Crippen LogP contribution in [0.2, 0.25) is 0 Å². The largest absolute Gasteiger partial charge is 0.478 e. The number of para-hydroxylation sites is 1. The van der Waals surface area contributed by atoms with E-state index in [1.165, 1.54) is 12.1 Å². The SMILES string of the molecule is CC[C@H](Oc1ccccc1F)C(=O)N1CC[C@H](N)C1. The van der Waals surface area contributed by atoms with Crippen molar-refractivity contribution in [1.29, 1.82) is 0 Å². The fourth-order valence-corrected chi connectivity index (χ4v) is 2.19. The molecule has 0 unspecified atom stereocenters. The maximum Gasteiger partial charge on any atom is 0.263 e. The van der Waals surface area contributed by atoms with Crippen molar-refractivity contribution in [2.75, 3.05) is 13.1 Å². The quantitative estimate of drug-likeness (QED) is 0.899. The van der Waals surface area contributed by atoms with Crippen LogP contribution in [-0.2, 0) is 4.79 Å². The first-order valence-corrected chi connectivity index (χ1v) is 6.57. The Hall–Kier alpha value is -1.62. The Morgan fingerprint density at radius 3 is 2.89 bits per heavy atom. The molecule has 0 saturated carbocycles. The van der Waals surface area contributed by atoms with E-state index in [-0.39, 0.29) is 17.7 Å². The van der Waals surface area contributed by atoms with E-state index in [1.807, 2.05) is 6.92 Å². The van der Waals surface area contributed by atoms with Crippen LogP contribution in [0.25, 0.3) is 0 Å². The van der Waals surface area contributed by atoms with Gasteiger partial charge in [0.1, 0.15) is 0 Å². The summed E-state index contributed by atoms with van der Waals surface area (Å²) in [5, 5.41) is 0. The monoisotopic (exact) mass is 266 g/mol. The van der Waals surface area contributed by atoms with Gasteiger partial charge in [-0.25, -0.2) is 4.39 Å². The van der Waals surface area contributed by atoms with Crippen LogP contribution in [0.5, 0.6) is 5.75 Å². The summed E-state index contributed by atoms with van der Waals surface area (Å²) in [5.41, 5.74) is 5.79. The lowest BCUT2D eigenvalue weighted by molar-refractivity contribution is -0.137. The van der Waals surface area contributed by atoms with E-state index in [0.717, 1.165) is 6.42 Å². The lowest BCUT2D eigenvalue weighted by Crippen LogP contribution is -2.41. The molecular formula is C14H19FN2O2. The van der Waals surface area contributed by atoms with Gasteiger partial charge in [-0.2, -0.15) is 0 Å². The number of nitrogens with two attached hydrogens (primary N) is 1. The van der Waals surface area contributed by atoms with Crippen LogP contribution < -0.4 is 10.5 Å². The van der Waals surface area contributed by atoms with Crippen LogP contribution in [0.4, 0.5) is 4.39 Å². The highest BCUT2D eigenvalue weighted by Crippen LogP contribution is 2.20. The maximum atomic E-state index is 13.5. The fourth-order valence-electron chi connectivity index (χ4n) is 2.19. The minimum Gasteiger partial charge on any atom is -0.478 e. The van der Waals surface area contributed by atoms with Gasteiger partial charge in [0.05, 0.1) is 0 Å². The molecule has 0 radical (unpaired) electrons. The van der Waals surface area contributed by atoms with Gasteiger partial charge in [0.2, 0.25) is 0 Å². The summed E-state index contributed by atoms with van der Waals surface area (Å²) < 4.78 is 19.0. The zero-order valence-corrected chi connectivity index (χ0v) is 11.0. The summed E-state index contributed by atoms with van der Waals surface area (Å²) in [6, 6.07) is 6.15. The molecule has 5 heteroatoms. The maximum absolute atomic E-state index is 13.5. The van der Waals surface area contributed by atoms with Crippen molar-refractivity contribution in [3.63, 3.8) is 0 Å². The minimum atomic E-state index is -0.651. The Balaban J connectivity index is 2.04. The minimum absolute atomic E-state index is 0.0370. The smallest absolute Gasteiger partial charge is 0.263 e. The van der Waals surface area contributed by atoms with Crippen LogP contribution in [0.1, 0.15) is 19.8 Å². The highest BCUT2D eigenvalue weighted by molar-refractivity contribution is 5.81. The first kappa shape index (κ1) is 13.8. The average Bonchev–Trinajstić information content (AvgIpc) is 2.84. The number of rotatable bonds is 4. The number of amides is 1. The number of ether oxygens (including phenoxy) is 1. The Bertz CT molecular complexity index is 453. The van der Waals surface area contributed by atoms with Crippen LogP contribution in [0.15, 0.2) is 24.3 Å². The van der Waals surface area contributed by atoms with Gasteiger partial charge in [-0.1, -0.05) is 19.1 Å². The summed E-state index contributed by atoms with van der Waals surface area (Å²) in [7, 11) is 0. The molecule has 0 aliphatic carbocycles. The summed E-state index contributed by atoms with van der Waals surface area (Å²) in [6.45, 7) is 3.05. The van der Waals surface area contributed by atoms with Crippen molar-refractivity contribution in [3.05, 3.63) is 30.1 Å². The molecule has 2 rings (SSSR count). The average molecular weight is 266 g/mol. The molecule has 1 fully saturated rings. The van der Waals surface area contributed by atoms with E-state index in [1.54, 1.807) is 17.0 Å². The lowest BCUT2D eigenvalue weighted by Gasteiger charge is -2.23. The number of halogens is 1. The van der Waals surface area contributed by atoms with E-state index in [4.69, 9.17) is 10.5 Å². The van der Waals surface area contributed by atoms with Crippen molar-refractivity contribution in [1.82, 2.24) is 4.90 Å². The number of benzene rings is 1. The molecule has 1 aromatic carbocycles. The summed E-state index contributed by atoms with van der Waals surface area (Å²) in [6.07, 6.45) is 0.656. The molecule has 1 aliphatic rings. The zero-order chi connectivity index (χ0) is 13.8. The number of carbonyl (C=O) groups excluding carboxylic acids is 1. The number of hydrogen-bond acceptors (Lipinski definition) is 3. The number of nitrogens with zero attached hydrogens (tertiary/aromatic N) is 1. The first-order chi connectivity index (χ1) is 9.11. The van der Waals surface area contributed by atoms with E-state index < -0.39 is 11.9 Å². The van der Waals surface area contributed by atoms with Crippen LogP contribution in [0.3, 0.4) is 0 Å². The molecule has 1 aromatic rings. The third-order valence-electron chi connectivity index (χ3n) is 3.29. The molecule has 2 N–H and O–H groups in total. The molecule has 1 heterocycles. The molecule has 1 amide bonds. The van der Waals surface area contributed by atoms with Gasteiger partial charge in [0.15, 0.2) is 17.7 Å². The lowest BCUT2D eigenvalue weighted by atomic mass is 10.2. The topological polar surface area (TPSA) is 55.6 Å². The molecule has 2 atom stereocenters. The zero-order valence-electron chi connectivity index (χ0n) is 11.0. The van der Waals surface area contributed by atoms with E-state index in [9.17, 15) is 9.18 Å². The van der Waals surface area contributed by atoms with Gasteiger partial charge in [-0.15, -0.1) is 0 Å². The van der Waals surface area contributed by atoms with E-state index >= 15 is 0 Å². The molecule has 4 nitrogen and oxygen atoms in total. The van der Waals surface area contributed by atoms with Crippen molar-refractivity contribution in [2.45, 2.75) is 31.9 Å². The Kier molecular flexibility index (Phi) is 4.37. The third-order valence-corrected chi connectivity index (χ3v) is 3.29. The second-order valence-corrected chi connectivity index (χ2v) is 4.78. The van der Waals surface area contributed by atoms with Gasteiger partial charge in [0.25, 0.3) is 5.91 Å². The van der Waals surface area contributed by atoms with Crippen molar-refractivity contribution < 1.29 is 13.9 Å². The van der Waals surface area contributed by atoms with Gasteiger partial charge < -0.3 is 15.4 Å². The van der Waals surface area contributed by atoms with Crippen LogP contribution in [0, 0.1) is 5.82 Å². The molecule has 0 bridgehead atoms. The summed E-state index contributed by atoms with van der Waals surface area (Å²) >= 11 is 0. The molecule has 1 aliphatic heterocycles. The predicted molar refractivity (Wildman–Crippen MR) is 70.3 cm³/mol. The second kappa shape index (κ2) is 6.02. The standard InChI is InChI=1S/C14H19FN2O2/c1-2-12(14(18)17-8-7-10(16)9-17)19-13-6-4-3-5-11(13)15/h3-6,10,12H,2,7-9,16H2,1H3/t10-,12-/m0/s1. The van der Waals surface area contributed by atoms with Crippen molar-refractivity contribution in [2.24, 2.45) is 5.73 Å². The molecular weight excluding hydrogens is 247 g/mol. The third kappa shape index (κ3) is 3.23. The fraction of sp³-hybridized carbons (Fsp3) is 0.500. The first-order valence-electron chi connectivity index (χ1n) is 6.57. The molecule has 0 aromatic heterocycles. The molecule has 1 saturated heterocycles. The Morgan fingerprint density at radius 1 is 1.58 bits per heavy atom. The number of hydrogen-bond donors (Lipinski definition) is 1. The normalized spacial score (nSPS) is 20.4. The van der Waals surface area contributed by atoms with E-state index in [2.05, 4.69) is 0 Å². The van der Waals surface area contributed by atoms with Gasteiger partial charge in [-0.3, -0.25) is 4.79 Å². The second-order valence-electron chi connectivity index (χ2n) is 4.78. The predicted octanol–water partition coefficient (Wildman–Crippen LogP) is 1.54. The molecule has 19 heavy (non-hydrogen) atoms.